The van der Waals surface area contributed by atoms with E-state index in [-0.39, 0.29) is 11.3 Å². The number of benzene rings is 1. The van der Waals surface area contributed by atoms with E-state index in [1.165, 1.54) is 17.0 Å². The summed E-state index contributed by atoms with van der Waals surface area (Å²) in [5.41, 5.74) is 0.381. The maximum absolute atomic E-state index is 11.9. The van der Waals surface area contributed by atoms with Crippen molar-refractivity contribution in [3.63, 3.8) is 0 Å². The van der Waals surface area contributed by atoms with E-state index in [4.69, 9.17) is 11.6 Å². The van der Waals surface area contributed by atoms with Crippen LogP contribution in [0.3, 0.4) is 0 Å². The van der Waals surface area contributed by atoms with E-state index in [1.807, 2.05) is 0 Å². The Morgan fingerprint density at radius 3 is 2.60 bits per heavy atom. The number of hydrogen-bond acceptors (Lipinski definition) is 4. The molecule has 6 nitrogen and oxygen atoms in total. The minimum absolute atomic E-state index is 0.113. The zero-order valence-corrected chi connectivity index (χ0v) is 11.4. The van der Waals surface area contributed by atoms with Crippen LogP contribution in [0.15, 0.2) is 18.2 Å². The molecule has 0 radical (unpaired) electrons. The number of Topliss-reactive ketones (excluding diaryl/α,β-unsaturated/α-hetero) is 1. The first kappa shape index (κ1) is 14.5. The largest absolute Gasteiger partial charge is 0.305 e. The van der Waals surface area contributed by atoms with Crippen LogP contribution in [0.4, 0.5) is 11.4 Å². The molecule has 0 N–H and O–H groups in total. The minimum Gasteiger partial charge on any atom is -0.305 e. The van der Waals surface area contributed by atoms with Gasteiger partial charge in [0.05, 0.1) is 16.2 Å². The average molecular weight is 297 g/mol. The Morgan fingerprint density at radius 1 is 1.20 bits per heavy atom. The summed E-state index contributed by atoms with van der Waals surface area (Å²) in [6.45, 7) is 0.423. The van der Waals surface area contributed by atoms with E-state index in [2.05, 4.69) is 0 Å². The SMILES string of the molecule is O=C1C(=O)N(CCCCCCl)c2ccc([N+](=O)[O-])cc21. The van der Waals surface area contributed by atoms with Crippen LogP contribution in [0.2, 0.25) is 0 Å². The summed E-state index contributed by atoms with van der Waals surface area (Å²) in [6, 6.07) is 3.92. The lowest BCUT2D eigenvalue weighted by Gasteiger charge is -2.15. The van der Waals surface area contributed by atoms with E-state index < -0.39 is 16.6 Å². The molecule has 1 aliphatic rings. The number of amides is 1. The number of non-ortho nitro benzene ring substituents is 1. The average Bonchev–Trinajstić information content (AvgIpc) is 2.67. The van der Waals surface area contributed by atoms with Gasteiger partial charge in [-0.25, -0.2) is 0 Å². The minimum atomic E-state index is -0.680. The van der Waals surface area contributed by atoms with E-state index in [9.17, 15) is 19.7 Å². The molecule has 0 aliphatic carbocycles. The second-order valence-corrected chi connectivity index (χ2v) is 4.87. The van der Waals surface area contributed by atoms with Crippen molar-refractivity contribution in [2.75, 3.05) is 17.3 Å². The fraction of sp³-hybridized carbons (Fsp3) is 0.385. The Bertz CT molecular complexity index is 573. The van der Waals surface area contributed by atoms with Gasteiger partial charge in [0.1, 0.15) is 0 Å². The molecule has 1 heterocycles. The Labute approximate surface area is 120 Å². The molecular weight excluding hydrogens is 284 g/mol. The van der Waals surface area contributed by atoms with Crippen molar-refractivity contribution in [3.05, 3.63) is 33.9 Å². The molecule has 0 spiro atoms. The predicted octanol–water partition coefficient (Wildman–Crippen LogP) is 2.53. The van der Waals surface area contributed by atoms with Gasteiger partial charge >= 0.3 is 0 Å². The molecule has 1 aromatic rings. The molecular formula is C13H13ClN2O4. The van der Waals surface area contributed by atoms with Crippen LogP contribution >= 0.6 is 11.6 Å². The van der Waals surface area contributed by atoms with Crippen LogP contribution in [0.1, 0.15) is 29.6 Å². The lowest BCUT2D eigenvalue weighted by molar-refractivity contribution is -0.384. The number of nitro benzene ring substituents is 1. The third-order valence-electron chi connectivity index (χ3n) is 3.18. The zero-order valence-electron chi connectivity index (χ0n) is 10.7. The van der Waals surface area contributed by atoms with Crippen molar-refractivity contribution < 1.29 is 14.5 Å². The first-order valence-corrected chi connectivity index (χ1v) is 6.80. The van der Waals surface area contributed by atoms with Gasteiger partial charge in [0.25, 0.3) is 17.4 Å². The summed E-state index contributed by atoms with van der Waals surface area (Å²) in [4.78, 5) is 35.2. The van der Waals surface area contributed by atoms with Gasteiger partial charge in [0, 0.05) is 24.6 Å². The molecule has 106 valence electrons. The number of ketones is 1. The highest BCUT2D eigenvalue weighted by Crippen LogP contribution is 2.32. The number of halogens is 1. The van der Waals surface area contributed by atoms with Gasteiger partial charge in [-0.05, 0) is 18.9 Å². The molecule has 0 saturated carbocycles. The van der Waals surface area contributed by atoms with Crippen molar-refractivity contribution in [1.82, 2.24) is 0 Å². The maximum Gasteiger partial charge on any atom is 0.299 e. The van der Waals surface area contributed by atoms with Crippen LogP contribution in [-0.2, 0) is 4.79 Å². The maximum atomic E-state index is 11.9. The van der Waals surface area contributed by atoms with Crippen molar-refractivity contribution in [3.8, 4) is 0 Å². The van der Waals surface area contributed by atoms with Crippen molar-refractivity contribution >= 4 is 34.7 Å². The quantitative estimate of drug-likeness (QED) is 0.266. The first-order valence-electron chi connectivity index (χ1n) is 6.27. The van der Waals surface area contributed by atoms with Gasteiger partial charge in [-0.1, -0.05) is 6.42 Å². The number of unbranched alkanes of at least 4 members (excludes halogenated alkanes) is 2. The lowest BCUT2D eigenvalue weighted by atomic mass is 10.1. The Morgan fingerprint density at radius 2 is 1.95 bits per heavy atom. The molecule has 0 bridgehead atoms. The van der Waals surface area contributed by atoms with Gasteiger partial charge < -0.3 is 4.90 Å². The van der Waals surface area contributed by atoms with Gasteiger partial charge in [-0.3, -0.25) is 19.7 Å². The standard InChI is InChI=1S/C13H13ClN2O4/c14-6-2-1-3-7-15-11-5-4-9(16(19)20)8-10(11)12(17)13(15)18/h4-5,8H,1-3,6-7H2. The van der Waals surface area contributed by atoms with Crippen LogP contribution in [0, 0.1) is 10.1 Å². The van der Waals surface area contributed by atoms with E-state index in [1.54, 1.807) is 0 Å². The molecule has 1 amide bonds. The van der Waals surface area contributed by atoms with E-state index >= 15 is 0 Å². The van der Waals surface area contributed by atoms with Crippen LogP contribution < -0.4 is 4.90 Å². The highest BCUT2D eigenvalue weighted by atomic mass is 35.5. The molecule has 7 heteroatoms. The molecule has 1 aliphatic heterocycles. The third kappa shape index (κ3) is 2.65. The fourth-order valence-electron chi connectivity index (χ4n) is 2.17. The monoisotopic (exact) mass is 296 g/mol. The summed E-state index contributed by atoms with van der Waals surface area (Å²) in [5.74, 6) is -0.734. The second kappa shape index (κ2) is 6.00. The number of fused-ring (bicyclic) bond motifs is 1. The second-order valence-electron chi connectivity index (χ2n) is 4.49. The normalized spacial score (nSPS) is 13.8. The Balaban J connectivity index is 2.20. The topological polar surface area (TPSA) is 80.5 Å². The molecule has 0 fully saturated rings. The van der Waals surface area contributed by atoms with Gasteiger partial charge in [0.2, 0.25) is 0 Å². The number of carbonyl (C=O) groups excluding carboxylic acids is 2. The van der Waals surface area contributed by atoms with Crippen molar-refractivity contribution in [1.29, 1.82) is 0 Å². The Hall–Kier alpha value is -1.95. The molecule has 0 atom stereocenters. The molecule has 20 heavy (non-hydrogen) atoms. The third-order valence-corrected chi connectivity index (χ3v) is 3.45. The molecule has 0 saturated heterocycles. The highest BCUT2D eigenvalue weighted by Gasteiger charge is 2.36. The number of nitro groups is 1. The lowest BCUT2D eigenvalue weighted by Crippen LogP contribution is -2.30. The van der Waals surface area contributed by atoms with Crippen LogP contribution in [-0.4, -0.2) is 29.0 Å². The molecule has 2 rings (SSSR count). The summed E-state index contributed by atoms with van der Waals surface area (Å²) in [5, 5.41) is 10.7. The zero-order chi connectivity index (χ0) is 14.7. The molecule has 0 unspecified atom stereocenters. The number of rotatable bonds is 6. The summed E-state index contributed by atoms with van der Waals surface area (Å²) in [7, 11) is 0. The number of nitrogens with zero attached hydrogens (tertiary/aromatic N) is 2. The number of alkyl halides is 1. The van der Waals surface area contributed by atoms with Gasteiger partial charge in [0.15, 0.2) is 0 Å². The smallest absolute Gasteiger partial charge is 0.299 e. The van der Waals surface area contributed by atoms with Crippen molar-refractivity contribution in [2.24, 2.45) is 0 Å². The number of carbonyl (C=O) groups is 2. The highest BCUT2D eigenvalue weighted by molar-refractivity contribution is 6.52. The van der Waals surface area contributed by atoms with E-state index in [0.717, 1.165) is 25.3 Å². The van der Waals surface area contributed by atoms with Gasteiger partial charge in [-0.15, -0.1) is 11.6 Å². The Kier molecular flexibility index (Phi) is 4.34. The van der Waals surface area contributed by atoms with Crippen molar-refractivity contribution in [2.45, 2.75) is 19.3 Å². The molecule has 1 aromatic carbocycles. The van der Waals surface area contributed by atoms with Gasteiger partial charge in [-0.2, -0.15) is 0 Å². The molecule has 0 aromatic heterocycles. The first-order chi connectivity index (χ1) is 9.56. The van der Waals surface area contributed by atoms with Crippen LogP contribution in [0.5, 0.6) is 0 Å². The van der Waals surface area contributed by atoms with Crippen LogP contribution in [0.25, 0.3) is 0 Å². The predicted molar refractivity (Wildman–Crippen MR) is 74.4 cm³/mol. The summed E-state index contributed by atoms with van der Waals surface area (Å²) in [6.07, 6.45) is 2.45. The fourth-order valence-corrected chi connectivity index (χ4v) is 2.35. The summed E-state index contributed by atoms with van der Waals surface area (Å²) >= 11 is 5.58. The number of hydrogen-bond donors (Lipinski definition) is 0. The van der Waals surface area contributed by atoms with E-state index in [0.29, 0.717) is 18.1 Å². The summed E-state index contributed by atoms with van der Waals surface area (Å²) < 4.78 is 0. The number of anilines is 1.